The molecule has 0 radical (unpaired) electrons. The smallest absolute Gasteiger partial charge is 0.228 e. The van der Waals surface area contributed by atoms with Gasteiger partial charge in [-0.15, -0.1) is 11.8 Å². The van der Waals surface area contributed by atoms with Crippen molar-refractivity contribution in [2.24, 2.45) is 0 Å². The number of ether oxygens (including phenoxy) is 2. The molecule has 0 aromatic heterocycles. The second-order valence-corrected chi connectivity index (χ2v) is 7.38. The molecule has 1 amide bonds. The summed E-state index contributed by atoms with van der Waals surface area (Å²) < 4.78 is 10.8. The third-order valence-electron chi connectivity index (χ3n) is 4.36. The normalized spacial score (nSPS) is 13.6. The van der Waals surface area contributed by atoms with Gasteiger partial charge in [0, 0.05) is 31.0 Å². The maximum Gasteiger partial charge on any atom is 0.228 e. The minimum Gasteiger partial charge on any atom is -0.497 e. The number of benzene rings is 2. The molecule has 5 nitrogen and oxygen atoms in total. The van der Waals surface area contributed by atoms with Gasteiger partial charge < -0.3 is 19.7 Å². The Morgan fingerprint density at radius 3 is 2.70 bits per heavy atom. The summed E-state index contributed by atoms with van der Waals surface area (Å²) in [5, 5.41) is 3.29. The van der Waals surface area contributed by atoms with Crippen molar-refractivity contribution < 1.29 is 14.3 Å². The maximum absolute atomic E-state index is 12.7. The molecule has 6 heteroatoms. The highest BCUT2D eigenvalue weighted by molar-refractivity contribution is 7.99. The molecule has 0 atom stereocenters. The molecule has 2 aromatic carbocycles. The summed E-state index contributed by atoms with van der Waals surface area (Å²) in [6.07, 6.45) is 1.51. The first kappa shape index (κ1) is 19.6. The molecule has 3 rings (SSSR count). The number of carbonyl (C=O) groups excluding carboxylic acids is 1. The Bertz CT molecular complexity index is 736. The number of nitrogens with zero attached hydrogens (tertiary/aromatic N) is 1. The first-order valence-electron chi connectivity index (χ1n) is 9.27. The van der Waals surface area contributed by atoms with E-state index in [1.807, 2.05) is 59.1 Å². The molecular weight excluding hydrogens is 360 g/mol. The molecule has 1 heterocycles. The number of amides is 1. The fourth-order valence-electron chi connectivity index (χ4n) is 2.95. The molecule has 0 saturated carbocycles. The molecule has 0 bridgehead atoms. The summed E-state index contributed by atoms with van der Waals surface area (Å²) >= 11 is 1.83. The van der Waals surface area contributed by atoms with Crippen LogP contribution >= 0.6 is 11.8 Å². The number of hydrogen-bond donors (Lipinski definition) is 1. The van der Waals surface area contributed by atoms with Crippen LogP contribution in [0.2, 0.25) is 0 Å². The molecule has 144 valence electrons. The summed E-state index contributed by atoms with van der Waals surface area (Å²) in [7, 11) is 1.64. The van der Waals surface area contributed by atoms with Crippen LogP contribution in [0.4, 0.5) is 5.69 Å². The van der Waals surface area contributed by atoms with Gasteiger partial charge in [0.25, 0.3) is 0 Å². The molecule has 0 fully saturated rings. The van der Waals surface area contributed by atoms with E-state index in [-0.39, 0.29) is 5.91 Å². The van der Waals surface area contributed by atoms with Crippen LogP contribution in [-0.2, 0) is 4.79 Å². The van der Waals surface area contributed by atoms with Crippen molar-refractivity contribution in [3.05, 3.63) is 48.5 Å². The Morgan fingerprint density at radius 1 is 1.11 bits per heavy atom. The number of methoxy groups -OCH3 is 1. The first-order valence-corrected chi connectivity index (χ1v) is 10.3. The first-order chi connectivity index (χ1) is 13.3. The van der Waals surface area contributed by atoms with Crippen molar-refractivity contribution in [3.63, 3.8) is 0 Å². The van der Waals surface area contributed by atoms with Crippen molar-refractivity contribution in [2.75, 3.05) is 44.0 Å². The zero-order chi connectivity index (χ0) is 18.9. The molecule has 27 heavy (non-hydrogen) atoms. The number of hydrogen-bond acceptors (Lipinski definition) is 5. The molecule has 1 N–H and O–H groups in total. The Hall–Kier alpha value is -2.18. The second kappa shape index (κ2) is 10.2. The average molecular weight is 387 g/mol. The van der Waals surface area contributed by atoms with Gasteiger partial charge in [-0.05, 0) is 48.6 Å². The fourth-order valence-corrected chi connectivity index (χ4v) is 3.95. The summed E-state index contributed by atoms with van der Waals surface area (Å²) in [4.78, 5) is 15.8. The molecule has 0 aliphatic carbocycles. The van der Waals surface area contributed by atoms with Crippen LogP contribution in [0.5, 0.6) is 11.5 Å². The lowest BCUT2D eigenvalue weighted by Gasteiger charge is -2.22. The van der Waals surface area contributed by atoms with E-state index in [9.17, 15) is 4.79 Å². The molecule has 0 spiro atoms. The second-order valence-electron chi connectivity index (χ2n) is 6.24. The quantitative estimate of drug-likeness (QED) is 0.703. The predicted molar refractivity (Wildman–Crippen MR) is 110 cm³/mol. The molecular formula is C21H26N2O3S. The van der Waals surface area contributed by atoms with E-state index >= 15 is 0 Å². The van der Waals surface area contributed by atoms with Gasteiger partial charge >= 0.3 is 0 Å². The topological polar surface area (TPSA) is 50.8 Å². The molecule has 1 aliphatic heterocycles. The van der Waals surface area contributed by atoms with Crippen LogP contribution in [-0.4, -0.2) is 45.0 Å². The third-order valence-corrected chi connectivity index (χ3v) is 5.51. The van der Waals surface area contributed by atoms with Gasteiger partial charge in [-0.1, -0.05) is 12.1 Å². The largest absolute Gasteiger partial charge is 0.497 e. The van der Waals surface area contributed by atoms with Crippen LogP contribution in [0.3, 0.4) is 0 Å². The van der Waals surface area contributed by atoms with E-state index in [1.54, 1.807) is 7.11 Å². The monoisotopic (exact) mass is 386 g/mol. The lowest BCUT2D eigenvalue weighted by atomic mass is 10.2. The van der Waals surface area contributed by atoms with Crippen LogP contribution in [0.1, 0.15) is 12.8 Å². The molecule has 0 unspecified atom stereocenters. The van der Waals surface area contributed by atoms with Gasteiger partial charge in [0.15, 0.2) is 0 Å². The highest BCUT2D eigenvalue weighted by atomic mass is 32.2. The molecule has 1 aliphatic rings. The zero-order valence-electron chi connectivity index (χ0n) is 15.6. The average Bonchev–Trinajstić information content (AvgIpc) is 2.93. The lowest BCUT2D eigenvalue weighted by molar-refractivity contribution is -0.118. The van der Waals surface area contributed by atoms with E-state index in [2.05, 4.69) is 11.4 Å². The Kier molecular flexibility index (Phi) is 7.42. The Labute approximate surface area is 165 Å². The van der Waals surface area contributed by atoms with Gasteiger partial charge in [0.2, 0.25) is 5.91 Å². The van der Waals surface area contributed by atoms with Gasteiger partial charge in [0.1, 0.15) is 18.1 Å². The number of nitrogens with one attached hydrogen (secondary N) is 1. The van der Waals surface area contributed by atoms with Gasteiger partial charge in [0.05, 0.1) is 12.8 Å². The van der Waals surface area contributed by atoms with E-state index in [1.165, 1.54) is 4.90 Å². The summed E-state index contributed by atoms with van der Waals surface area (Å²) in [5.41, 5.74) is 1.05. The highest BCUT2D eigenvalue weighted by Gasteiger charge is 2.20. The summed E-state index contributed by atoms with van der Waals surface area (Å²) in [6.45, 7) is 2.70. The lowest BCUT2D eigenvalue weighted by Crippen LogP contribution is -2.34. The maximum atomic E-state index is 12.7. The van der Waals surface area contributed by atoms with Crippen LogP contribution < -0.4 is 19.7 Å². The third kappa shape index (κ3) is 5.65. The summed E-state index contributed by atoms with van der Waals surface area (Å²) in [5.74, 6) is 2.86. The van der Waals surface area contributed by atoms with Gasteiger partial charge in [-0.3, -0.25) is 4.79 Å². The molecule has 2 aromatic rings. The number of para-hydroxylation sites is 1. The Balaban J connectivity index is 1.38. The zero-order valence-corrected chi connectivity index (χ0v) is 16.5. The minimum atomic E-state index is 0.175. The van der Waals surface area contributed by atoms with Crippen molar-refractivity contribution in [2.45, 2.75) is 17.7 Å². The van der Waals surface area contributed by atoms with Crippen LogP contribution in [0, 0.1) is 0 Å². The van der Waals surface area contributed by atoms with Crippen molar-refractivity contribution in [1.82, 2.24) is 5.32 Å². The predicted octanol–water partition coefficient (Wildman–Crippen LogP) is 3.58. The fraction of sp³-hybridized carbons (Fsp3) is 0.381. The number of rotatable bonds is 8. The van der Waals surface area contributed by atoms with E-state index in [0.29, 0.717) is 26.1 Å². The van der Waals surface area contributed by atoms with E-state index in [4.69, 9.17) is 9.47 Å². The number of carbonyl (C=O) groups is 1. The van der Waals surface area contributed by atoms with Gasteiger partial charge in [-0.25, -0.2) is 0 Å². The number of anilines is 1. The number of thioether (sulfide) groups is 1. The standard InChI is InChI=1S/C21H26N2O3S/c1-25-17-7-9-18(10-8-17)26-15-13-22-12-11-21(24)23-14-4-16-27-20-6-3-2-5-19(20)23/h2-3,5-10,22H,4,11-16H2,1H3. The van der Waals surface area contributed by atoms with E-state index in [0.717, 1.165) is 35.9 Å². The minimum absolute atomic E-state index is 0.175. The van der Waals surface area contributed by atoms with Crippen LogP contribution in [0.25, 0.3) is 0 Å². The van der Waals surface area contributed by atoms with Gasteiger partial charge in [-0.2, -0.15) is 0 Å². The van der Waals surface area contributed by atoms with Crippen molar-refractivity contribution in [3.8, 4) is 11.5 Å². The van der Waals surface area contributed by atoms with Crippen molar-refractivity contribution >= 4 is 23.4 Å². The summed E-state index contributed by atoms with van der Waals surface area (Å²) in [6, 6.07) is 15.7. The van der Waals surface area contributed by atoms with E-state index < -0.39 is 0 Å². The molecule has 0 saturated heterocycles. The Morgan fingerprint density at radius 2 is 1.89 bits per heavy atom. The number of fused-ring (bicyclic) bond motifs is 1. The SMILES string of the molecule is COc1ccc(OCCNCCC(=O)N2CCCSc3ccccc32)cc1. The highest BCUT2D eigenvalue weighted by Crippen LogP contribution is 2.33. The van der Waals surface area contributed by atoms with Crippen molar-refractivity contribution in [1.29, 1.82) is 0 Å². The van der Waals surface area contributed by atoms with Crippen LogP contribution in [0.15, 0.2) is 53.4 Å².